The first kappa shape index (κ1) is 23.6. The zero-order chi connectivity index (χ0) is 24.1. The van der Waals surface area contributed by atoms with Gasteiger partial charge in [-0.25, -0.2) is 9.78 Å². The summed E-state index contributed by atoms with van der Waals surface area (Å²) in [6.07, 6.45) is 1.22. The summed E-state index contributed by atoms with van der Waals surface area (Å²) in [5.74, 6) is -0.00159. The lowest BCUT2D eigenvalue weighted by Gasteiger charge is -2.26. The number of amides is 3. The fraction of sp³-hybridized carbons (Fsp3) is 0.455. The van der Waals surface area contributed by atoms with Crippen LogP contribution in [0.5, 0.6) is 0 Å². The van der Waals surface area contributed by atoms with Gasteiger partial charge in [0.05, 0.1) is 16.8 Å². The van der Waals surface area contributed by atoms with E-state index in [9.17, 15) is 14.4 Å². The number of carbonyl (C=O) groups excluding carboxylic acids is 3. The molecule has 0 spiro atoms. The van der Waals surface area contributed by atoms with Crippen molar-refractivity contribution in [1.82, 2.24) is 19.8 Å². The second kappa shape index (κ2) is 8.64. The first-order chi connectivity index (χ1) is 15.4. The van der Waals surface area contributed by atoms with Crippen LogP contribution < -0.4 is 10.6 Å². The summed E-state index contributed by atoms with van der Waals surface area (Å²) in [4.78, 5) is 43.1. The van der Waals surface area contributed by atoms with Crippen molar-refractivity contribution in [1.29, 1.82) is 0 Å². The van der Waals surface area contributed by atoms with Crippen LogP contribution in [0.1, 0.15) is 41.7 Å². The standard InChI is InChI=1S/C22H25BrClN5O4/c1-22(2,3)33-21(32)29-9-13-14(10-29)17(13)27-19(30)12-6-5-11(7-15(12)24)26-20(31)18-25-8-16(23)28(18)4/h5-8,13-14,17H,9-10H2,1-4H3,(H,26,31)(H,27,30). The first-order valence-electron chi connectivity index (χ1n) is 10.5. The predicted octanol–water partition coefficient (Wildman–Crippen LogP) is 3.68. The van der Waals surface area contributed by atoms with E-state index in [2.05, 4.69) is 31.5 Å². The Morgan fingerprint density at radius 1 is 1.18 bits per heavy atom. The molecule has 4 rings (SSSR count). The highest BCUT2D eigenvalue weighted by molar-refractivity contribution is 9.10. The molecule has 33 heavy (non-hydrogen) atoms. The van der Waals surface area contributed by atoms with Gasteiger partial charge >= 0.3 is 6.09 Å². The highest BCUT2D eigenvalue weighted by Gasteiger charge is 2.58. The summed E-state index contributed by atoms with van der Waals surface area (Å²) in [6.45, 7) is 6.63. The fourth-order valence-electron chi connectivity index (χ4n) is 4.01. The van der Waals surface area contributed by atoms with E-state index in [-0.39, 0.29) is 40.7 Å². The molecule has 1 aliphatic carbocycles. The molecule has 2 N–H and O–H groups in total. The number of hydrogen-bond acceptors (Lipinski definition) is 5. The maximum Gasteiger partial charge on any atom is 0.410 e. The van der Waals surface area contributed by atoms with E-state index < -0.39 is 11.5 Å². The largest absolute Gasteiger partial charge is 0.444 e. The molecule has 176 valence electrons. The number of imidazole rings is 1. The molecule has 2 heterocycles. The van der Waals surface area contributed by atoms with Crippen molar-refractivity contribution in [2.45, 2.75) is 32.4 Å². The number of halogens is 2. The smallest absolute Gasteiger partial charge is 0.410 e. The minimum atomic E-state index is -0.534. The quantitative estimate of drug-likeness (QED) is 0.618. The Morgan fingerprint density at radius 2 is 1.85 bits per heavy atom. The van der Waals surface area contributed by atoms with Gasteiger partial charge in [-0.1, -0.05) is 11.6 Å². The van der Waals surface area contributed by atoms with Gasteiger partial charge in [-0.15, -0.1) is 0 Å². The van der Waals surface area contributed by atoms with Gasteiger partial charge in [0.15, 0.2) is 5.82 Å². The monoisotopic (exact) mass is 537 g/mol. The molecule has 0 bridgehead atoms. The van der Waals surface area contributed by atoms with Gasteiger partial charge in [-0.3, -0.25) is 9.59 Å². The molecule has 0 radical (unpaired) electrons. The number of anilines is 1. The fourth-order valence-corrected chi connectivity index (χ4v) is 4.55. The van der Waals surface area contributed by atoms with Gasteiger partial charge in [-0.2, -0.15) is 0 Å². The number of ether oxygens (including phenoxy) is 1. The topological polar surface area (TPSA) is 106 Å². The van der Waals surface area contributed by atoms with E-state index in [4.69, 9.17) is 16.3 Å². The zero-order valence-corrected chi connectivity index (χ0v) is 21.0. The minimum absolute atomic E-state index is 0.00787. The van der Waals surface area contributed by atoms with Crippen LogP contribution in [0, 0.1) is 11.8 Å². The Labute approximate surface area is 204 Å². The van der Waals surface area contributed by atoms with Crippen LogP contribution >= 0.6 is 27.5 Å². The number of piperidine rings is 1. The van der Waals surface area contributed by atoms with Crippen LogP contribution in [0.2, 0.25) is 5.02 Å². The van der Waals surface area contributed by atoms with E-state index in [1.165, 1.54) is 12.3 Å². The molecule has 11 heteroatoms. The average molecular weight is 539 g/mol. The second-order valence-electron chi connectivity index (χ2n) is 9.32. The lowest BCUT2D eigenvalue weighted by molar-refractivity contribution is 0.0270. The second-order valence-corrected chi connectivity index (χ2v) is 10.5. The minimum Gasteiger partial charge on any atom is -0.444 e. The van der Waals surface area contributed by atoms with Gasteiger partial charge in [0, 0.05) is 43.7 Å². The van der Waals surface area contributed by atoms with Gasteiger partial charge in [0.2, 0.25) is 0 Å². The van der Waals surface area contributed by atoms with Crippen molar-refractivity contribution in [2.24, 2.45) is 18.9 Å². The van der Waals surface area contributed by atoms with E-state index >= 15 is 0 Å². The number of fused-ring (bicyclic) bond motifs is 1. The van der Waals surface area contributed by atoms with Crippen molar-refractivity contribution in [2.75, 3.05) is 18.4 Å². The Kier molecular flexibility index (Phi) is 6.17. The molecule has 2 unspecified atom stereocenters. The highest BCUT2D eigenvalue weighted by Crippen LogP contribution is 2.46. The number of benzene rings is 1. The molecule has 1 saturated carbocycles. The van der Waals surface area contributed by atoms with Gasteiger partial charge in [-0.05, 0) is 54.9 Å². The molecule has 2 aromatic rings. The van der Waals surface area contributed by atoms with Crippen LogP contribution in [0.4, 0.5) is 10.5 Å². The van der Waals surface area contributed by atoms with Crippen molar-refractivity contribution >= 4 is 51.1 Å². The molecular weight excluding hydrogens is 514 g/mol. The van der Waals surface area contributed by atoms with E-state index in [0.29, 0.717) is 28.9 Å². The van der Waals surface area contributed by atoms with Crippen LogP contribution in [0.3, 0.4) is 0 Å². The number of aromatic nitrogens is 2. The number of rotatable bonds is 4. The predicted molar refractivity (Wildman–Crippen MR) is 126 cm³/mol. The lowest BCUT2D eigenvalue weighted by Crippen LogP contribution is -2.40. The van der Waals surface area contributed by atoms with Crippen LogP contribution in [-0.2, 0) is 11.8 Å². The summed E-state index contributed by atoms with van der Waals surface area (Å²) in [5, 5.41) is 5.97. The van der Waals surface area contributed by atoms with Crippen LogP contribution in [-0.4, -0.2) is 57.1 Å². The van der Waals surface area contributed by atoms with Crippen LogP contribution in [0.15, 0.2) is 29.0 Å². The molecule has 1 saturated heterocycles. The maximum absolute atomic E-state index is 12.7. The Morgan fingerprint density at radius 3 is 2.39 bits per heavy atom. The summed E-state index contributed by atoms with van der Waals surface area (Å²) < 4.78 is 7.70. The van der Waals surface area contributed by atoms with E-state index in [1.807, 2.05) is 20.8 Å². The molecular formula is C22H25BrClN5O4. The molecule has 9 nitrogen and oxygen atoms in total. The molecule has 3 amide bonds. The number of hydrogen-bond donors (Lipinski definition) is 2. The number of carbonyl (C=O) groups is 3. The summed E-state index contributed by atoms with van der Waals surface area (Å²) in [5.41, 5.74) is 0.244. The van der Waals surface area contributed by atoms with Crippen LogP contribution in [0.25, 0.3) is 0 Å². The van der Waals surface area contributed by atoms with E-state index in [1.54, 1.807) is 28.6 Å². The summed E-state index contributed by atoms with van der Waals surface area (Å²) in [7, 11) is 1.71. The summed E-state index contributed by atoms with van der Waals surface area (Å²) in [6, 6.07) is 4.74. The van der Waals surface area contributed by atoms with Crippen molar-refractivity contribution in [3.05, 3.63) is 45.4 Å². The zero-order valence-electron chi connectivity index (χ0n) is 18.7. The molecule has 2 aliphatic rings. The number of nitrogens with zero attached hydrogens (tertiary/aromatic N) is 3. The third kappa shape index (κ3) is 5.01. The Balaban J connectivity index is 1.32. The average Bonchev–Trinajstić information content (AvgIpc) is 3.02. The number of likely N-dealkylation sites (tertiary alicyclic amines) is 1. The maximum atomic E-state index is 12.7. The molecule has 1 aliphatic heterocycles. The third-order valence-electron chi connectivity index (χ3n) is 5.75. The highest BCUT2D eigenvalue weighted by atomic mass is 79.9. The molecule has 2 atom stereocenters. The Hall–Kier alpha value is -2.59. The summed E-state index contributed by atoms with van der Waals surface area (Å²) >= 11 is 9.63. The molecule has 1 aromatic heterocycles. The van der Waals surface area contributed by atoms with Gasteiger partial charge in [0.1, 0.15) is 10.2 Å². The SMILES string of the molecule is Cn1c(Br)cnc1C(=O)Nc1ccc(C(=O)NC2C3CN(C(=O)OC(C)(C)C)CC32)c(Cl)c1. The van der Waals surface area contributed by atoms with E-state index in [0.717, 1.165) is 0 Å². The molecule has 2 fully saturated rings. The van der Waals surface area contributed by atoms with Gasteiger partial charge < -0.3 is 24.8 Å². The lowest BCUT2D eigenvalue weighted by atomic mass is 10.2. The first-order valence-corrected chi connectivity index (χ1v) is 11.7. The van der Waals surface area contributed by atoms with Crippen molar-refractivity contribution in [3.8, 4) is 0 Å². The van der Waals surface area contributed by atoms with Crippen molar-refractivity contribution in [3.63, 3.8) is 0 Å². The number of nitrogens with one attached hydrogen (secondary N) is 2. The van der Waals surface area contributed by atoms with Gasteiger partial charge in [0.25, 0.3) is 11.8 Å². The third-order valence-corrected chi connectivity index (χ3v) is 6.80. The molecule has 1 aromatic carbocycles. The normalized spacial score (nSPS) is 21.4. The Bertz CT molecular complexity index is 1120. The van der Waals surface area contributed by atoms with Crippen molar-refractivity contribution < 1.29 is 19.1 Å².